The number of nitrogens with two attached hydrogens (primary N) is 3. The molecule has 21 heteroatoms. The lowest BCUT2D eigenvalue weighted by atomic mass is 10.0. The summed E-state index contributed by atoms with van der Waals surface area (Å²) in [5.41, 5.74) is 16.3. The maximum Gasteiger partial charge on any atom is 0.326 e. The third-order valence-electron chi connectivity index (χ3n) is 8.31. The van der Waals surface area contributed by atoms with Crippen molar-refractivity contribution in [2.75, 3.05) is 13.1 Å². The maximum atomic E-state index is 13.8. The molecule has 0 spiro atoms. The smallest absolute Gasteiger partial charge is 0.326 e. The van der Waals surface area contributed by atoms with Gasteiger partial charge in [-0.1, -0.05) is 13.8 Å². The zero-order chi connectivity index (χ0) is 40.6. The topological polar surface area (TPSA) is 356 Å². The molecule has 0 aromatic carbocycles. The van der Waals surface area contributed by atoms with Crippen LogP contribution in [0.15, 0.2) is 0 Å². The molecule has 0 bridgehead atoms. The molecule has 0 aromatic rings. The lowest BCUT2D eigenvalue weighted by Gasteiger charge is -2.31. The van der Waals surface area contributed by atoms with Crippen molar-refractivity contribution in [3.63, 3.8) is 0 Å². The fourth-order valence-corrected chi connectivity index (χ4v) is 5.51. The lowest BCUT2D eigenvalue weighted by molar-refractivity contribution is -0.148. The lowest BCUT2D eigenvalue weighted by Crippen LogP contribution is -2.61. The number of aliphatic hydroxyl groups excluding tert-OH is 1. The summed E-state index contributed by atoms with van der Waals surface area (Å²) in [6, 6.07) is -9.58. The fourth-order valence-electron chi connectivity index (χ4n) is 5.51. The van der Waals surface area contributed by atoms with Crippen molar-refractivity contribution in [1.29, 1.82) is 0 Å². The Bertz CT molecular complexity index is 1340. The Balaban J connectivity index is 3.17. The van der Waals surface area contributed by atoms with Crippen LogP contribution in [0.2, 0.25) is 0 Å². The zero-order valence-electron chi connectivity index (χ0n) is 30.5. The van der Waals surface area contributed by atoms with Crippen LogP contribution in [0, 0.1) is 5.92 Å². The first kappa shape index (κ1) is 46.1. The summed E-state index contributed by atoms with van der Waals surface area (Å²) in [5.74, 6) is -9.08. The van der Waals surface area contributed by atoms with E-state index in [9.17, 15) is 53.4 Å². The van der Waals surface area contributed by atoms with Crippen molar-refractivity contribution < 1.29 is 58.5 Å². The Kier molecular flexibility index (Phi) is 19.4. The van der Waals surface area contributed by atoms with E-state index in [4.69, 9.17) is 22.3 Å². The molecule has 0 aromatic heterocycles. The van der Waals surface area contributed by atoms with Gasteiger partial charge in [0, 0.05) is 6.54 Å². The van der Waals surface area contributed by atoms with Crippen LogP contribution in [-0.2, 0) is 43.2 Å². The van der Waals surface area contributed by atoms with Gasteiger partial charge in [0.15, 0.2) is 0 Å². The second-order valence-electron chi connectivity index (χ2n) is 13.5. The number of unbranched alkanes of at least 4 members (excludes halogenated alkanes) is 1. The number of primary amides is 1. The highest BCUT2D eigenvalue weighted by atomic mass is 16.4. The van der Waals surface area contributed by atoms with E-state index >= 15 is 0 Å². The highest BCUT2D eigenvalue weighted by Crippen LogP contribution is 2.21. The van der Waals surface area contributed by atoms with Crippen LogP contribution in [0.4, 0.5) is 0 Å². The number of likely N-dealkylation sites (tertiary alicyclic amines) is 1. The third kappa shape index (κ3) is 15.7. The van der Waals surface area contributed by atoms with Gasteiger partial charge in [-0.05, 0) is 64.8 Å². The molecule has 0 saturated carbocycles. The molecule has 1 fully saturated rings. The summed E-state index contributed by atoms with van der Waals surface area (Å²) >= 11 is 0. The molecule has 14 N–H and O–H groups in total. The Labute approximate surface area is 306 Å². The molecule has 7 amide bonds. The summed E-state index contributed by atoms with van der Waals surface area (Å²) in [6.07, 6.45) is -1.41. The number of nitrogens with one attached hydrogen (secondary N) is 5. The summed E-state index contributed by atoms with van der Waals surface area (Å²) in [4.78, 5) is 114. The molecule has 21 nitrogen and oxygen atoms in total. The normalized spacial score (nSPS) is 18.0. The summed E-state index contributed by atoms with van der Waals surface area (Å²) in [5, 5.41) is 40.9. The molecule has 53 heavy (non-hydrogen) atoms. The number of aliphatic hydroxyl groups is 1. The minimum Gasteiger partial charge on any atom is -0.481 e. The molecule has 0 unspecified atom stereocenters. The minimum atomic E-state index is -1.74. The average molecular weight is 758 g/mol. The van der Waals surface area contributed by atoms with Gasteiger partial charge < -0.3 is 64.0 Å². The van der Waals surface area contributed by atoms with Gasteiger partial charge >= 0.3 is 11.9 Å². The SMILES string of the molecule is CC(C)C[C@H](NC(=O)[C@@H](NC(=O)[C@H](CCCCN)NC(=O)[C@H](C)NC(=O)[C@@H](N)CC(N)=O)[C@@H](C)O)C(=O)N1CCC[C@H]1C(=O)N[C@@H](CC(=O)O)C(=O)O. The molecule has 1 aliphatic heterocycles. The second kappa shape index (κ2) is 22.2. The Morgan fingerprint density at radius 2 is 1.40 bits per heavy atom. The number of carbonyl (C=O) groups excluding carboxylic acids is 7. The molecule has 1 heterocycles. The van der Waals surface area contributed by atoms with Crippen LogP contribution in [-0.4, -0.2) is 135 Å². The molecule has 300 valence electrons. The van der Waals surface area contributed by atoms with Crippen LogP contribution in [0.1, 0.15) is 79.1 Å². The van der Waals surface area contributed by atoms with Gasteiger partial charge in [0.1, 0.15) is 36.3 Å². The standard InChI is InChI=1S/C32H55N9O12/c1-15(2)12-20(31(51)41-11-7-9-22(41)29(49)39-21(32(52)53)14-24(44)45)38-30(50)25(17(4)42)40-28(48)19(8-5-6-10-33)37-26(46)16(3)36-27(47)18(34)13-23(35)43/h15-22,25,42H,5-14,33-34H2,1-4H3,(H2,35,43)(H,36,47)(H,37,46)(H,38,50)(H,39,49)(H,40,48)(H,44,45)(H,52,53)/t16-,17+,18-,19-,20-,21-,22-,25-/m0/s1. The monoisotopic (exact) mass is 757 g/mol. The largest absolute Gasteiger partial charge is 0.481 e. The van der Waals surface area contributed by atoms with Crippen LogP contribution in [0.25, 0.3) is 0 Å². The van der Waals surface area contributed by atoms with Crippen LogP contribution < -0.4 is 43.8 Å². The number of carbonyl (C=O) groups is 9. The quantitative estimate of drug-likeness (QED) is 0.0440. The van der Waals surface area contributed by atoms with E-state index in [0.717, 1.165) is 0 Å². The van der Waals surface area contributed by atoms with Crippen LogP contribution in [0.3, 0.4) is 0 Å². The third-order valence-corrected chi connectivity index (χ3v) is 8.31. The van der Waals surface area contributed by atoms with E-state index < -0.39 is 115 Å². The van der Waals surface area contributed by atoms with Crippen molar-refractivity contribution in [3.05, 3.63) is 0 Å². The first-order valence-electron chi connectivity index (χ1n) is 17.4. The Morgan fingerprint density at radius 1 is 0.774 bits per heavy atom. The van der Waals surface area contributed by atoms with E-state index in [2.05, 4.69) is 26.6 Å². The number of hydrogen-bond acceptors (Lipinski definition) is 12. The van der Waals surface area contributed by atoms with Gasteiger partial charge in [-0.25, -0.2) is 4.79 Å². The van der Waals surface area contributed by atoms with E-state index in [1.807, 2.05) is 0 Å². The number of nitrogens with zero attached hydrogens (tertiary/aromatic N) is 1. The van der Waals surface area contributed by atoms with Crippen molar-refractivity contribution in [3.8, 4) is 0 Å². The fraction of sp³-hybridized carbons (Fsp3) is 0.719. The maximum absolute atomic E-state index is 13.8. The Morgan fingerprint density at radius 3 is 1.92 bits per heavy atom. The summed E-state index contributed by atoms with van der Waals surface area (Å²) in [7, 11) is 0. The van der Waals surface area contributed by atoms with Gasteiger partial charge in [-0.2, -0.15) is 0 Å². The number of hydrogen-bond donors (Lipinski definition) is 11. The van der Waals surface area contributed by atoms with Gasteiger partial charge in [-0.15, -0.1) is 0 Å². The predicted molar refractivity (Wildman–Crippen MR) is 186 cm³/mol. The van der Waals surface area contributed by atoms with Gasteiger partial charge in [0.2, 0.25) is 41.4 Å². The van der Waals surface area contributed by atoms with E-state index in [1.54, 1.807) is 13.8 Å². The number of carboxylic acid groups (broad SMARTS) is 2. The van der Waals surface area contributed by atoms with Crippen molar-refractivity contribution in [2.24, 2.45) is 23.1 Å². The number of rotatable bonds is 23. The molecule has 1 aliphatic rings. The zero-order valence-corrected chi connectivity index (χ0v) is 30.5. The molecule has 8 atom stereocenters. The molecule has 1 rings (SSSR count). The molecular weight excluding hydrogens is 702 g/mol. The van der Waals surface area contributed by atoms with Crippen molar-refractivity contribution >= 4 is 53.3 Å². The van der Waals surface area contributed by atoms with E-state index in [-0.39, 0.29) is 38.3 Å². The van der Waals surface area contributed by atoms with Crippen LogP contribution >= 0.6 is 0 Å². The number of carboxylic acids is 2. The number of aliphatic carboxylic acids is 2. The first-order chi connectivity index (χ1) is 24.7. The van der Waals surface area contributed by atoms with Gasteiger partial charge in [0.25, 0.3) is 0 Å². The summed E-state index contributed by atoms with van der Waals surface area (Å²) < 4.78 is 0. The number of amides is 7. The predicted octanol–water partition coefficient (Wildman–Crippen LogP) is -4.26. The van der Waals surface area contributed by atoms with Crippen molar-refractivity contribution in [2.45, 2.75) is 127 Å². The first-order valence-corrected chi connectivity index (χ1v) is 17.4. The minimum absolute atomic E-state index is 0.0485. The Hall–Kier alpha value is -4.89. The molecule has 0 radical (unpaired) electrons. The highest BCUT2D eigenvalue weighted by Gasteiger charge is 2.40. The van der Waals surface area contributed by atoms with Gasteiger partial charge in [-0.3, -0.25) is 38.4 Å². The summed E-state index contributed by atoms with van der Waals surface area (Å²) in [6.45, 7) is 6.41. The molecular formula is C32H55N9O12. The average Bonchev–Trinajstić information content (AvgIpc) is 3.55. The van der Waals surface area contributed by atoms with Crippen LogP contribution in [0.5, 0.6) is 0 Å². The second-order valence-corrected chi connectivity index (χ2v) is 13.5. The van der Waals surface area contributed by atoms with E-state index in [0.29, 0.717) is 19.3 Å². The molecule has 0 aliphatic carbocycles. The highest BCUT2D eigenvalue weighted by molar-refractivity contribution is 5.97. The molecule has 1 saturated heterocycles. The van der Waals surface area contributed by atoms with Gasteiger partial charge in [0.05, 0.1) is 25.0 Å². The van der Waals surface area contributed by atoms with Crippen molar-refractivity contribution in [1.82, 2.24) is 31.5 Å². The van der Waals surface area contributed by atoms with E-state index in [1.165, 1.54) is 18.7 Å².